The van der Waals surface area contributed by atoms with Crippen molar-refractivity contribution in [3.63, 3.8) is 0 Å². The summed E-state index contributed by atoms with van der Waals surface area (Å²) in [5.74, 6) is -0.272. The SMILES string of the molecule is CCOP(=O)(OCC)c1c(-c2ccccc2)c(C(=O)c2ccccn2)n2ccccc12. The van der Waals surface area contributed by atoms with Crippen LogP contribution in [0.25, 0.3) is 16.6 Å². The highest BCUT2D eigenvalue weighted by molar-refractivity contribution is 7.63. The molecular formula is C24H23N2O4P. The topological polar surface area (TPSA) is 69.9 Å². The largest absolute Gasteiger partial charge is 0.364 e. The molecule has 0 amide bonds. The van der Waals surface area contributed by atoms with Gasteiger partial charge < -0.3 is 13.4 Å². The minimum Gasteiger partial charge on any atom is -0.312 e. The first-order valence-electron chi connectivity index (χ1n) is 10.1. The summed E-state index contributed by atoms with van der Waals surface area (Å²) >= 11 is 0. The van der Waals surface area contributed by atoms with Crippen LogP contribution in [0.5, 0.6) is 0 Å². The third-order valence-electron chi connectivity index (χ3n) is 4.86. The number of benzene rings is 1. The lowest BCUT2D eigenvalue weighted by atomic mass is 10.0. The maximum absolute atomic E-state index is 14.0. The molecule has 0 saturated heterocycles. The molecule has 0 aliphatic heterocycles. The number of ketones is 1. The van der Waals surface area contributed by atoms with Gasteiger partial charge in [-0.25, -0.2) is 0 Å². The first-order valence-corrected chi connectivity index (χ1v) is 11.7. The average molecular weight is 434 g/mol. The number of nitrogens with zero attached hydrogens (tertiary/aromatic N) is 2. The lowest BCUT2D eigenvalue weighted by molar-refractivity contribution is 0.102. The molecule has 0 aliphatic carbocycles. The van der Waals surface area contributed by atoms with Crippen LogP contribution in [0, 0.1) is 0 Å². The van der Waals surface area contributed by atoms with Gasteiger partial charge in [-0.05, 0) is 43.7 Å². The number of pyridine rings is 2. The van der Waals surface area contributed by atoms with E-state index in [0.717, 1.165) is 5.56 Å². The normalized spacial score (nSPS) is 11.7. The highest BCUT2D eigenvalue weighted by atomic mass is 31.2. The number of fused-ring (bicyclic) bond motifs is 1. The van der Waals surface area contributed by atoms with Crippen LogP contribution in [-0.4, -0.2) is 28.4 Å². The van der Waals surface area contributed by atoms with Crippen molar-refractivity contribution < 1.29 is 18.4 Å². The summed E-state index contributed by atoms with van der Waals surface area (Å²) in [5, 5.41) is 0.391. The van der Waals surface area contributed by atoms with Crippen molar-refractivity contribution in [2.45, 2.75) is 13.8 Å². The maximum atomic E-state index is 14.0. The first-order chi connectivity index (χ1) is 15.1. The lowest BCUT2D eigenvalue weighted by Crippen LogP contribution is -2.14. The molecule has 1 aromatic carbocycles. The van der Waals surface area contributed by atoms with Crippen molar-refractivity contribution in [2.24, 2.45) is 0 Å². The first kappa shape index (κ1) is 21.2. The van der Waals surface area contributed by atoms with Gasteiger partial charge in [0.15, 0.2) is 0 Å². The molecule has 7 heteroatoms. The molecule has 0 bridgehead atoms. The predicted molar refractivity (Wildman–Crippen MR) is 121 cm³/mol. The summed E-state index contributed by atoms with van der Waals surface area (Å²) in [4.78, 5) is 17.9. The van der Waals surface area contributed by atoms with E-state index in [1.54, 1.807) is 48.8 Å². The molecule has 0 radical (unpaired) electrons. The summed E-state index contributed by atoms with van der Waals surface area (Å²) in [6.07, 6.45) is 3.36. The Kier molecular flexibility index (Phi) is 6.14. The zero-order valence-corrected chi connectivity index (χ0v) is 18.3. The van der Waals surface area contributed by atoms with Crippen LogP contribution in [0.3, 0.4) is 0 Å². The van der Waals surface area contributed by atoms with E-state index in [1.165, 1.54) is 0 Å². The number of carbonyl (C=O) groups is 1. The van der Waals surface area contributed by atoms with Gasteiger partial charge >= 0.3 is 7.60 Å². The molecule has 0 atom stereocenters. The Hall–Kier alpha value is -3.05. The molecule has 3 aromatic heterocycles. The summed E-state index contributed by atoms with van der Waals surface area (Å²) in [6, 6.07) is 20.1. The van der Waals surface area contributed by atoms with E-state index >= 15 is 0 Å². The fraction of sp³-hybridized carbons (Fsp3) is 0.167. The molecular weight excluding hydrogens is 411 g/mol. The Balaban J connectivity index is 2.13. The van der Waals surface area contributed by atoms with Gasteiger partial charge in [-0.2, -0.15) is 0 Å². The maximum Gasteiger partial charge on any atom is 0.364 e. The summed E-state index contributed by atoms with van der Waals surface area (Å²) in [5.41, 5.74) is 2.56. The van der Waals surface area contributed by atoms with Gasteiger partial charge in [-0.1, -0.05) is 42.5 Å². The molecule has 4 aromatic rings. The number of rotatable bonds is 8. The van der Waals surface area contributed by atoms with Crippen molar-refractivity contribution in [2.75, 3.05) is 13.2 Å². The van der Waals surface area contributed by atoms with Crippen molar-refractivity contribution in [1.29, 1.82) is 0 Å². The van der Waals surface area contributed by atoms with E-state index in [-0.39, 0.29) is 19.0 Å². The average Bonchev–Trinajstić information content (AvgIpc) is 3.16. The Morgan fingerprint density at radius 3 is 2.26 bits per heavy atom. The third kappa shape index (κ3) is 3.86. The zero-order chi connectivity index (χ0) is 21.8. The van der Waals surface area contributed by atoms with E-state index in [4.69, 9.17) is 9.05 Å². The minimum atomic E-state index is -3.72. The highest BCUT2D eigenvalue weighted by Gasteiger charge is 2.38. The summed E-state index contributed by atoms with van der Waals surface area (Å²) in [6.45, 7) is 3.95. The lowest BCUT2D eigenvalue weighted by Gasteiger charge is -2.18. The Morgan fingerprint density at radius 2 is 1.61 bits per heavy atom. The molecule has 0 N–H and O–H groups in total. The minimum absolute atomic E-state index is 0.208. The number of carbonyl (C=O) groups excluding carboxylic acids is 1. The van der Waals surface area contributed by atoms with Crippen molar-refractivity contribution in [3.8, 4) is 11.1 Å². The smallest absolute Gasteiger partial charge is 0.312 e. The Bertz CT molecular complexity index is 1240. The van der Waals surface area contributed by atoms with Crippen LogP contribution in [-0.2, 0) is 13.6 Å². The van der Waals surface area contributed by atoms with Gasteiger partial charge in [-0.15, -0.1) is 0 Å². The van der Waals surface area contributed by atoms with Crippen molar-refractivity contribution in [3.05, 3.63) is 90.5 Å². The Morgan fingerprint density at radius 1 is 0.935 bits per heavy atom. The van der Waals surface area contributed by atoms with Gasteiger partial charge in [0.2, 0.25) is 5.78 Å². The van der Waals surface area contributed by atoms with Gasteiger partial charge in [-0.3, -0.25) is 14.3 Å². The van der Waals surface area contributed by atoms with Crippen LogP contribution >= 0.6 is 7.60 Å². The molecule has 6 nitrogen and oxygen atoms in total. The fourth-order valence-electron chi connectivity index (χ4n) is 3.69. The van der Waals surface area contributed by atoms with E-state index in [2.05, 4.69) is 4.98 Å². The number of hydrogen-bond acceptors (Lipinski definition) is 5. The molecule has 0 fully saturated rings. The molecule has 4 rings (SSSR count). The predicted octanol–water partition coefficient (Wildman–Crippen LogP) is 5.12. The molecule has 31 heavy (non-hydrogen) atoms. The molecule has 158 valence electrons. The Labute approximate surface area is 181 Å². The molecule has 3 heterocycles. The second-order valence-corrected chi connectivity index (χ2v) is 8.73. The summed E-state index contributed by atoms with van der Waals surface area (Å²) in [7, 11) is -3.72. The quantitative estimate of drug-likeness (QED) is 0.284. The van der Waals surface area contributed by atoms with E-state index in [1.807, 2.05) is 48.5 Å². The van der Waals surface area contributed by atoms with Crippen molar-refractivity contribution >= 4 is 24.2 Å². The summed E-state index contributed by atoms with van der Waals surface area (Å²) < 4.78 is 27.2. The fourth-order valence-corrected chi connectivity index (χ4v) is 5.68. The molecule has 0 unspecified atom stereocenters. The van der Waals surface area contributed by atoms with E-state index in [9.17, 15) is 9.36 Å². The number of aromatic nitrogens is 2. The van der Waals surface area contributed by atoms with Crippen molar-refractivity contribution in [1.82, 2.24) is 9.38 Å². The van der Waals surface area contributed by atoms with Gasteiger partial charge in [0, 0.05) is 18.0 Å². The van der Waals surface area contributed by atoms with Gasteiger partial charge in [0.1, 0.15) is 11.4 Å². The second kappa shape index (κ2) is 8.98. The monoisotopic (exact) mass is 434 g/mol. The van der Waals surface area contributed by atoms with Gasteiger partial charge in [0.05, 0.1) is 24.0 Å². The van der Waals surface area contributed by atoms with Crippen LogP contribution in [0.2, 0.25) is 0 Å². The molecule has 0 aliphatic rings. The second-order valence-electron chi connectivity index (χ2n) is 6.77. The van der Waals surface area contributed by atoms with Crippen LogP contribution < -0.4 is 5.30 Å². The molecule has 0 saturated carbocycles. The van der Waals surface area contributed by atoms with E-state index in [0.29, 0.717) is 27.8 Å². The zero-order valence-electron chi connectivity index (χ0n) is 17.4. The van der Waals surface area contributed by atoms with Crippen LogP contribution in [0.4, 0.5) is 0 Å². The molecule has 0 spiro atoms. The van der Waals surface area contributed by atoms with Crippen LogP contribution in [0.1, 0.15) is 30.0 Å². The van der Waals surface area contributed by atoms with E-state index < -0.39 is 7.60 Å². The standard InChI is InChI=1S/C24H23N2O4P/c1-3-29-31(28,30-4-2)24-20-15-9-11-17-26(20)22(21(24)18-12-6-5-7-13-18)23(27)19-14-8-10-16-25-19/h5-17H,3-4H2,1-2H3. The number of hydrogen-bond donors (Lipinski definition) is 0. The highest BCUT2D eigenvalue weighted by Crippen LogP contribution is 2.52. The third-order valence-corrected chi connectivity index (χ3v) is 7.06. The van der Waals surface area contributed by atoms with Crippen LogP contribution in [0.15, 0.2) is 79.1 Å². The van der Waals surface area contributed by atoms with Gasteiger partial charge in [0.25, 0.3) is 0 Å².